The minimum absolute atomic E-state index is 0.0861. The van der Waals surface area contributed by atoms with E-state index in [0.29, 0.717) is 22.2 Å². The fourth-order valence-corrected chi connectivity index (χ4v) is 4.61. The van der Waals surface area contributed by atoms with Crippen molar-refractivity contribution in [3.63, 3.8) is 0 Å². The molecule has 0 spiro atoms. The van der Waals surface area contributed by atoms with Gasteiger partial charge in [-0.25, -0.2) is 0 Å². The summed E-state index contributed by atoms with van der Waals surface area (Å²) in [5.74, 6) is -0.693. The molecule has 1 saturated heterocycles. The average molecular weight is 452 g/mol. The molecule has 1 unspecified atom stereocenters. The van der Waals surface area contributed by atoms with Crippen LogP contribution in [0.5, 0.6) is 0 Å². The van der Waals surface area contributed by atoms with Gasteiger partial charge in [-0.05, 0) is 61.2 Å². The zero-order valence-electron chi connectivity index (χ0n) is 17.3. The summed E-state index contributed by atoms with van der Waals surface area (Å²) >= 11 is 7.21. The second kappa shape index (κ2) is 9.86. The van der Waals surface area contributed by atoms with Gasteiger partial charge in [0.1, 0.15) is 16.7 Å². The number of amides is 2. The molecule has 2 aromatic rings. The van der Waals surface area contributed by atoms with Gasteiger partial charge in [-0.2, -0.15) is 5.26 Å². The van der Waals surface area contributed by atoms with Crippen LogP contribution in [0.4, 0.5) is 5.69 Å². The lowest BCUT2D eigenvalue weighted by Crippen LogP contribution is -2.32. The van der Waals surface area contributed by atoms with Gasteiger partial charge in [0.2, 0.25) is 5.91 Å². The molecule has 2 amide bonds. The lowest BCUT2D eigenvalue weighted by molar-refractivity contribution is -0.117. The third-order valence-electron chi connectivity index (χ3n) is 5.00. The van der Waals surface area contributed by atoms with Crippen LogP contribution in [0, 0.1) is 25.2 Å². The summed E-state index contributed by atoms with van der Waals surface area (Å²) in [6, 6.07) is 15.0. The van der Waals surface area contributed by atoms with Crippen LogP contribution in [0.2, 0.25) is 5.02 Å². The molecule has 1 atom stereocenters. The molecule has 2 aromatic carbocycles. The van der Waals surface area contributed by atoms with Crippen LogP contribution in [0.15, 0.2) is 65.7 Å². The molecule has 5 nitrogen and oxygen atoms in total. The van der Waals surface area contributed by atoms with Crippen LogP contribution in [0.25, 0.3) is 0 Å². The topological polar surface area (TPSA) is 73.2 Å². The van der Waals surface area contributed by atoms with E-state index in [9.17, 15) is 14.9 Å². The van der Waals surface area contributed by atoms with Crippen LogP contribution >= 0.6 is 23.4 Å². The Hall–Kier alpha value is -3.01. The van der Waals surface area contributed by atoms with Crippen molar-refractivity contribution >= 4 is 40.9 Å². The Balaban J connectivity index is 2.04. The molecule has 0 bridgehead atoms. The Bertz CT molecular complexity index is 1100. The number of anilines is 1. The smallest absolute Gasteiger partial charge is 0.264 e. The van der Waals surface area contributed by atoms with E-state index in [2.05, 4.69) is 11.9 Å². The largest absolute Gasteiger partial charge is 0.348 e. The second-order valence-corrected chi connectivity index (χ2v) is 8.80. The number of hydrogen-bond acceptors (Lipinski definition) is 4. The Morgan fingerprint density at radius 3 is 2.58 bits per heavy atom. The van der Waals surface area contributed by atoms with Crippen molar-refractivity contribution in [1.82, 2.24) is 5.32 Å². The van der Waals surface area contributed by atoms with Gasteiger partial charge in [-0.15, -0.1) is 6.58 Å². The van der Waals surface area contributed by atoms with Crippen molar-refractivity contribution in [1.29, 1.82) is 5.26 Å². The molecule has 1 aliphatic heterocycles. The van der Waals surface area contributed by atoms with E-state index in [1.807, 2.05) is 50.2 Å². The second-order valence-electron chi connectivity index (χ2n) is 7.17. The van der Waals surface area contributed by atoms with Gasteiger partial charge in [-0.3, -0.25) is 14.5 Å². The number of nitrogens with one attached hydrogen (secondary N) is 1. The first kappa shape index (κ1) is 22.7. The van der Waals surface area contributed by atoms with E-state index < -0.39 is 11.2 Å². The summed E-state index contributed by atoms with van der Waals surface area (Å²) in [7, 11) is 0. The number of halogens is 1. The van der Waals surface area contributed by atoms with Gasteiger partial charge < -0.3 is 5.32 Å². The Kier molecular flexibility index (Phi) is 7.21. The third-order valence-corrected chi connectivity index (χ3v) is 6.51. The molecule has 0 aromatic heterocycles. The zero-order chi connectivity index (χ0) is 22.5. The van der Waals surface area contributed by atoms with Crippen molar-refractivity contribution in [2.45, 2.75) is 25.5 Å². The molecule has 1 fully saturated rings. The number of rotatable bonds is 6. The fraction of sp³-hybridized carbons (Fsp3) is 0.208. The quantitative estimate of drug-likeness (QED) is 0.393. The van der Waals surface area contributed by atoms with Crippen LogP contribution in [0.1, 0.15) is 16.7 Å². The Labute approximate surface area is 191 Å². The number of benzene rings is 2. The lowest BCUT2D eigenvalue weighted by Gasteiger charge is -2.19. The molecule has 0 radical (unpaired) electrons. The zero-order valence-corrected chi connectivity index (χ0v) is 18.9. The van der Waals surface area contributed by atoms with E-state index in [-0.39, 0.29) is 18.0 Å². The fourth-order valence-electron chi connectivity index (χ4n) is 3.17. The summed E-state index contributed by atoms with van der Waals surface area (Å²) in [6.45, 7) is 7.76. The summed E-state index contributed by atoms with van der Waals surface area (Å²) < 4.78 is 0. The number of carbonyl (C=O) groups is 2. The number of aryl methyl sites for hydroxylation is 2. The minimum atomic E-state index is -0.529. The van der Waals surface area contributed by atoms with E-state index in [0.717, 1.165) is 16.7 Å². The first-order chi connectivity index (χ1) is 14.8. The van der Waals surface area contributed by atoms with Gasteiger partial charge in [0.05, 0.1) is 5.25 Å². The Morgan fingerprint density at radius 1 is 1.26 bits per heavy atom. The van der Waals surface area contributed by atoms with Gasteiger partial charge in [0.25, 0.3) is 5.91 Å². The van der Waals surface area contributed by atoms with E-state index in [1.54, 1.807) is 12.1 Å². The van der Waals surface area contributed by atoms with Crippen LogP contribution < -0.4 is 10.2 Å². The molecular formula is C24H22ClN3O2S. The van der Waals surface area contributed by atoms with E-state index in [1.165, 1.54) is 22.7 Å². The standard InChI is InChI=1S/C24H22ClN3O2S/c1-4-11-27-22(29)20(14-26)24-28(19-10-5-15(2)16(3)12-19)23(30)21(31-24)13-17-6-8-18(25)9-7-17/h4-10,12,21H,1,11,13H2,2-3H3,(H,27,29)/b24-20-. The predicted octanol–water partition coefficient (Wildman–Crippen LogP) is 4.69. The van der Waals surface area contributed by atoms with Crippen molar-refractivity contribution < 1.29 is 9.59 Å². The molecule has 1 heterocycles. The maximum absolute atomic E-state index is 13.4. The summed E-state index contributed by atoms with van der Waals surface area (Å²) in [5, 5.41) is 12.9. The van der Waals surface area contributed by atoms with Crippen molar-refractivity contribution in [3.05, 3.63) is 87.4 Å². The number of nitrogens with zero attached hydrogens (tertiary/aromatic N) is 2. The molecule has 158 valence electrons. The Morgan fingerprint density at radius 2 is 1.97 bits per heavy atom. The normalized spacial score (nSPS) is 17.3. The maximum atomic E-state index is 13.4. The number of carbonyl (C=O) groups excluding carboxylic acids is 2. The van der Waals surface area contributed by atoms with Gasteiger partial charge in [0.15, 0.2) is 0 Å². The monoisotopic (exact) mass is 451 g/mol. The van der Waals surface area contributed by atoms with Crippen LogP contribution in [0.3, 0.4) is 0 Å². The molecule has 31 heavy (non-hydrogen) atoms. The van der Waals surface area contributed by atoms with Crippen LogP contribution in [-0.4, -0.2) is 23.6 Å². The maximum Gasteiger partial charge on any atom is 0.264 e. The number of thioether (sulfide) groups is 1. The summed E-state index contributed by atoms with van der Waals surface area (Å²) in [5.41, 5.74) is 3.61. The molecule has 0 aliphatic carbocycles. The van der Waals surface area contributed by atoms with Gasteiger partial charge >= 0.3 is 0 Å². The molecule has 1 N–H and O–H groups in total. The van der Waals surface area contributed by atoms with E-state index in [4.69, 9.17) is 11.6 Å². The first-order valence-corrected chi connectivity index (χ1v) is 11.0. The number of hydrogen-bond donors (Lipinski definition) is 1. The predicted molar refractivity (Wildman–Crippen MR) is 126 cm³/mol. The number of nitriles is 1. The van der Waals surface area contributed by atoms with Gasteiger partial charge in [-0.1, -0.05) is 47.6 Å². The highest BCUT2D eigenvalue weighted by molar-refractivity contribution is 8.05. The molecule has 7 heteroatoms. The molecule has 3 rings (SSSR count). The molecule has 0 saturated carbocycles. The SMILES string of the molecule is C=CCNC(=O)/C(C#N)=C1\SC(Cc2ccc(Cl)cc2)C(=O)N1c1ccc(C)c(C)c1. The highest BCUT2D eigenvalue weighted by Gasteiger charge is 2.40. The summed E-state index contributed by atoms with van der Waals surface area (Å²) in [4.78, 5) is 27.5. The highest BCUT2D eigenvalue weighted by atomic mass is 35.5. The average Bonchev–Trinajstić information content (AvgIpc) is 3.06. The molecule has 1 aliphatic rings. The lowest BCUT2D eigenvalue weighted by atomic mass is 10.1. The molecular weight excluding hydrogens is 430 g/mol. The summed E-state index contributed by atoms with van der Waals surface area (Å²) in [6.07, 6.45) is 1.99. The highest BCUT2D eigenvalue weighted by Crippen LogP contribution is 2.42. The third kappa shape index (κ3) is 5.01. The van der Waals surface area contributed by atoms with Crippen molar-refractivity contribution in [3.8, 4) is 6.07 Å². The first-order valence-electron chi connectivity index (χ1n) is 9.71. The van der Waals surface area contributed by atoms with E-state index >= 15 is 0 Å². The van der Waals surface area contributed by atoms with Gasteiger partial charge in [0, 0.05) is 17.3 Å². The van der Waals surface area contributed by atoms with Crippen molar-refractivity contribution in [2.24, 2.45) is 0 Å². The van der Waals surface area contributed by atoms with Crippen molar-refractivity contribution in [2.75, 3.05) is 11.4 Å². The minimum Gasteiger partial charge on any atom is -0.348 e. The van der Waals surface area contributed by atoms with Crippen LogP contribution in [-0.2, 0) is 16.0 Å².